The van der Waals surface area contributed by atoms with Crippen LogP contribution in [0.4, 0.5) is 5.69 Å². The maximum absolute atomic E-state index is 10.9. The molecule has 0 spiro atoms. The van der Waals surface area contributed by atoms with Crippen LogP contribution in [-0.4, -0.2) is 4.92 Å². The highest BCUT2D eigenvalue weighted by Gasteiger charge is 2.31. The Morgan fingerprint density at radius 2 is 2.07 bits per heavy atom. The van der Waals surface area contributed by atoms with E-state index in [1.54, 1.807) is 12.1 Å². The van der Waals surface area contributed by atoms with E-state index in [-0.39, 0.29) is 14.3 Å². The number of halogens is 2. The summed E-state index contributed by atoms with van der Waals surface area (Å²) in [5.41, 5.74) is 2.06. The largest absolute Gasteiger partial charge is 0.274 e. The van der Waals surface area contributed by atoms with E-state index in [0.717, 1.165) is 24.0 Å². The molecule has 5 heteroatoms. The summed E-state index contributed by atoms with van der Waals surface area (Å²) in [7, 11) is 0. The predicted octanol–water partition coefficient (Wildman–Crippen LogP) is 4.26. The Kier molecular flexibility index (Phi) is 3.11. The molecule has 0 amide bonds. The van der Waals surface area contributed by atoms with Gasteiger partial charge in [0.05, 0.1) is 10.5 Å². The van der Waals surface area contributed by atoms with Gasteiger partial charge >= 0.3 is 0 Å². The number of nitrogens with zero attached hydrogens (tertiary/aromatic N) is 1. The fourth-order valence-corrected chi connectivity index (χ4v) is 2.72. The first kappa shape index (κ1) is 11.1. The fourth-order valence-electron chi connectivity index (χ4n) is 1.72. The molecule has 0 N–H and O–H groups in total. The van der Waals surface area contributed by atoms with Crippen LogP contribution in [0.15, 0.2) is 18.2 Å². The van der Waals surface area contributed by atoms with Crippen LogP contribution in [0.2, 0.25) is 0 Å². The number of nitro benzene ring substituents is 1. The van der Waals surface area contributed by atoms with Gasteiger partial charge in [-0.2, -0.15) is 0 Å². The molecular weight excluding hydrogens is 326 g/mol. The van der Waals surface area contributed by atoms with Gasteiger partial charge in [0.25, 0.3) is 5.69 Å². The number of hydrogen-bond acceptors (Lipinski definition) is 2. The zero-order chi connectivity index (χ0) is 11.0. The van der Waals surface area contributed by atoms with Crippen molar-refractivity contribution < 1.29 is 4.92 Å². The van der Waals surface area contributed by atoms with Crippen LogP contribution in [0, 0.1) is 10.1 Å². The summed E-state index contributed by atoms with van der Waals surface area (Å²) in [6.45, 7) is 0. The first-order chi connectivity index (χ1) is 7.11. The lowest BCUT2D eigenvalue weighted by Crippen LogP contribution is -1.98. The Morgan fingerprint density at radius 1 is 1.40 bits per heavy atom. The van der Waals surface area contributed by atoms with Crippen molar-refractivity contribution in [2.75, 3.05) is 0 Å². The maximum atomic E-state index is 10.9. The maximum Gasteiger partial charge on any atom is 0.274 e. The van der Waals surface area contributed by atoms with Crippen molar-refractivity contribution >= 4 is 37.5 Å². The van der Waals surface area contributed by atoms with E-state index in [2.05, 4.69) is 31.9 Å². The van der Waals surface area contributed by atoms with Gasteiger partial charge in [-0.05, 0) is 24.3 Å². The van der Waals surface area contributed by atoms with Gasteiger partial charge in [0.1, 0.15) is 3.74 Å². The normalized spacial score (nSPS) is 15.7. The van der Waals surface area contributed by atoms with Crippen LogP contribution in [0.25, 0.3) is 0 Å². The van der Waals surface area contributed by atoms with Gasteiger partial charge in [0.2, 0.25) is 0 Å². The van der Waals surface area contributed by atoms with Crippen molar-refractivity contribution in [3.63, 3.8) is 0 Å². The van der Waals surface area contributed by atoms with Crippen molar-refractivity contribution in [1.82, 2.24) is 0 Å². The van der Waals surface area contributed by atoms with Crippen LogP contribution in [0.1, 0.15) is 33.6 Å². The van der Waals surface area contributed by atoms with E-state index in [1.807, 2.05) is 6.07 Å². The van der Waals surface area contributed by atoms with Gasteiger partial charge in [-0.1, -0.05) is 44.0 Å². The van der Waals surface area contributed by atoms with Crippen LogP contribution in [0.5, 0.6) is 0 Å². The summed E-state index contributed by atoms with van der Waals surface area (Å²) < 4.78 is -0.151. The van der Waals surface area contributed by atoms with Gasteiger partial charge in [-0.25, -0.2) is 0 Å². The topological polar surface area (TPSA) is 43.1 Å². The van der Waals surface area contributed by atoms with Gasteiger partial charge in [0.15, 0.2) is 0 Å². The molecule has 1 aliphatic carbocycles. The minimum atomic E-state index is -0.323. The summed E-state index contributed by atoms with van der Waals surface area (Å²) in [6, 6.07) is 5.30. The number of rotatable bonds is 3. The molecule has 1 saturated carbocycles. The average Bonchev–Trinajstić information content (AvgIpc) is 2.99. The van der Waals surface area contributed by atoms with Crippen molar-refractivity contribution in [3.8, 4) is 0 Å². The first-order valence-electron chi connectivity index (χ1n) is 4.66. The number of benzene rings is 1. The van der Waals surface area contributed by atoms with E-state index in [1.165, 1.54) is 0 Å². The predicted molar refractivity (Wildman–Crippen MR) is 65.7 cm³/mol. The zero-order valence-electron chi connectivity index (χ0n) is 7.82. The molecule has 1 aromatic carbocycles. The van der Waals surface area contributed by atoms with Crippen molar-refractivity contribution in [2.45, 2.75) is 22.5 Å². The third kappa shape index (κ3) is 2.23. The Bertz CT molecular complexity index is 402. The lowest BCUT2D eigenvalue weighted by atomic mass is 10.0. The van der Waals surface area contributed by atoms with Crippen LogP contribution in [0.3, 0.4) is 0 Å². The molecule has 1 aliphatic rings. The van der Waals surface area contributed by atoms with E-state index in [0.29, 0.717) is 5.92 Å². The van der Waals surface area contributed by atoms with Crippen molar-refractivity contribution in [2.24, 2.45) is 0 Å². The summed E-state index contributed by atoms with van der Waals surface area (Å²) in [6.07, 6.45) is 2.28. The Hall–Kier alpha value is -0.420. The standard InChI is InChI=1S/C10H9Br2NO2/c11-10(12)9-7(6-4-5-6)2-1-3-8(9)13(14)15/h1-3,6,10H,4-5H2. The summed E-state index contributed by atoms with van der Waals surface area (Å²) in [4.78, 5) is 10.6. The lowest BCUT2D eigenvalue weighted by molar-refractivity contribution is -0.385. The smallest absolute Gasteiger partial charge is 0.258 e. The summed E-state index contributed by atoms with van der Waals surface area (Å²) >= 11 is 6.72. The Balaban J connectivity index is 2.54. The minimum absolute atomic E-state index is 0.151. The second-order valence-corrected chi connectivity index (χ2v) is 6.67. The lowest BCUT2D eigenvalue weighted by Gasteiger charge is -2.09. The molecule has 2 rings (SSSR count). The Labute approximate surface area is 104 Å². The van der Waals surface area contributed by atoms with E-state index in [4.69, 9.17) is 0 Å². The molecule has 0 atom stereocenters. The molecule has 80 valence electrons. The second-order valence-electron chi connectivity index (χ2n) is 3.61. The SMILES string of the molecule is O=[N+]([O-])c1cccc(C2CC2)c1C(Br)Br. The second kappa shape index (κ2) is 4.22. The Morgan fingerprint density at radius 3 is 2.53 bits per heavy atom. The third-order valence-electron chi connectivity index (χ3n) is 2.55. The quantitative estimate of drug-likeness (QED) is 0.471. The van der Waals surface area contributed by atoms with Crippen LogP contribution in [-0.2, 0) is 0 Å². The molecule has 0 saturated heterocycles. The number of hydrogen-bond donors (Lipinski definition) is 0. The third-order valence-corrected chi connectivity index (χ3v) is 3.46. The highest BCUT2D eigenvalue weighted by Crippen LogP contribution is 2.48. The highest BCUT2D eigenvalue weighted by atomic mass is 79.9. The molecule has 0 heterocycles. The van der Waals surface area contributed by atoms with Crippen LogP contribution < -0.4 is 0 Å². The number of alkyl halides is 2. The van der Waals surface area contributed by atoms with Gasteiger partial charge in [-0.3, -0.25) is 10.1 Å². The average molecular weight is 335 g/mol. The molecule has 1 fully saturated rings. The zero-order valence-corrected chi connectivity index (χ0v) is 11.0. The molecule has 15 heavy (non-hydrogen) atoms. The van der Waals surface area contributed by atoms with Crippen LogP contribution >= 0.6 is 31.9 Å². The molecule has 3 nitrogen and oxygen atoms in total. The summed E-state index contributed by atoms with van der Waals surface area (Å²) in [5, 5.41) is 10.9. The molecule has 0 radical (unpaired) electrons. The van der Waals surface area contributed by atoms with Gasteiger partial charge in [0, 0.05) is 6.07 Å². The fraction of sp³-hybridized carbons (Fsp3) is 0.400. The molecule has 1 aromatic rings. The van der Waals surface area contributed by atoms with Gasteiger partial charge in [-0.15, -0.1) is 0 Å². The van der Waals surface area contributed by atoms with Crippen molar-refractivity contribution in [1.29, 1.82) is 0 Å². The monoisotopic (exact) mass is 333 g/mol. The van der Waals surface area contributed by atoms with E-state index in [9.17, 15) is 10.1 Å². The number of nitro groups is 1. The highest BCUT2D eigenvalue weighted by molar-refractivity contribution is 9.24. The van der Waals surface area contributed by atoms with Gasteiger partial charge < -0.3 is 0 Å². The first-order valence-corrected chi connectivity index (χ1v) is 6.49. The van der Waals surface area contributed by atoms with E-state index >= 15 is 0 Å². The molecule has 0 aromatic heterocycles. The molecule has 0 aliphatic heterocycles. The minimum Gasteiger partial charge on any atom is -0.258 e. The molecular formula is C10H9Br2NO2. The van der Waals surface area contributed by atoms with Crippen molar-refractivity contribution in [3.05, 3.63) is 39.4 Å². The summed E-state index contributed by atoms with van der Waals surface area (Å²) in [5.74, 6) is 0.512. The molecule has 0 bridgehead atoms. The van der Waals surface area contributed by atoms with E-state index < -0.39 is 0 Å². The molecule has 0 unspecified atom stereocenters.